The molecule has 0 aliphatic heterocycles. The van der Waals surface area contributed by atoms with Crippen molar-refractivity contribution in [1.29, 1.82) is 0 Å². The molecule has 0 aliphatic carbocycles. The van der Waals surface area contributed by atoms with E-state index in [0.717, 1.165) is 17.8 Å². The summed E-state index contributed by atoms with van der Waals surface area (Å²) in [6.07, 6.45) is 7.50. The normalized spacial score (nSPS) is 11.8. The van der Waals surface area contributed by atoms with Gasteiger partial charge in [0.25, 0.3) is 0 Å². The highest BCUT2D eigenvalue weighted by Crippen LogP contribution is 2.27. The van der Waals surface area contributed by atoms with Gasteiger partial charge >= 0.3 is 0 Å². The average Bonchev–Trinajstić information content (AvgIpc) is 2.91. The van der Waals surface area contributed by atoms with Gasteiger partial charge in [0, 0.05) is 0 Å². The summed E-state index contributed by atoms with van der Waals surface area (Å²) in [5.41, 5.74) is 4.92. The maximum atomic E-state index is 2.34. The lowest BCUT2D eigenvalue weighted by Crippen LogP contribution is -2.10. The lowest BCUT2D eigenvalue weighted by molar-refractivity contribution is 0.322. The van der Waals surface area contributed by atoms with Crippen LogP contribution in [0.25, 0.3) is 0 Å². The minimum absolute atomic E-state index is 0.496. The molecule has 0 fully saturated rings. The van der Waals surface area contributed by atoms with Crippen LogP contribution in [0.1, 0.15) is 116 Å². The van der Waals surface area contributed by atoms with Crippen LogP contribution in [0.15, 0.2) is 91.0 Å². The minimum atomic E-state index is 0.496. The molecule has 0 nitrogen and oxygen atoms in total. The fourth-order valence-corrected chi connectivity index (χ4v) is 4.58. The third kappa shape index (κ3) is 12.6. The highest BCUT2D eigenvalue weighted by Gasteiger charge is 2.14. The van der Waals surface area contributed by atoms with Crippen LogP contribution in [0.3, 0.4) is 0 Å². The molecule has 0 heterocycles. The Morgan fingerprint density at radius 1 is 0.583 bits per heavy atom. The maximum absolute atomic E-state index is 2.34. The molecule has 36 heavy (non-hydrogen) atoms. The van der Waals surface area contributed by atoms with Gasteiger partial charge in [-0.2, -0.15) is 0 Å². The van der Waals surface area contributed by atoms with Crippen molar-refractivity contribution in [3.05, 3.63) is 108 Å². The summed E-state index contributed by atoms with van der Waals surface area (Å²) in [4.78, 5) is 0. The molecule has 3 aromatic rings. The molecule has 0 radical (unpaired) electrons. The highest BCUT2D eigenvalue weighted by molar-refractivity contribution is 5.20. The van der Waals surface area contributed by atoms with Crippen molar-refractivity contribution in [2.24, 2.45) is 11.3 Å². The Bertz CT molecular complexity index is 873. The van der Waals surface area contributed by atoms with Gasteiger partial charge < -0.3 is 0 Å². The van der Waals surface area contributed by atoms with E-state index in [1.807, 2.05) is 0 Å². The Hall–Kier alpha value is -2.34. The molecule has 1 atom stereocenters. The molecular formula is C36H54. The first-order valence-electron chi connectivity index (χ1n) is 14.4. The molecule has 0 heteroatoms. The van der Waals surface area contributed by atoms with Crippen LogP contribution in [0.4, 0.5) is 0 Å². The maximum Gasteiger partial charge on any atom is -0.0141 e. The number of hydrogen-bond donors (Lipinski definition) is 0. The number of rotatable bonds is 10. The first-order valence-corrected chi connectivity index (χ1v) is 14.4. The molecule has 1 unspecified atom stereocenters. The van der Waals surface area contributed by atoms with E-state index in [2.05, 4.69) is 146 Å². The van der Waals surface area contributed by atoms with E-state index < -0.39 is 0 Å². The minimum Gasteiger partial charge on any atom is -0.0649 e. The second-order valence-electron chi connectivity index (χ2n) is 11.1. The Kier molecular flexibility index (Phi) is 15.8. The van der Waals surface area contributed by atoms with Crippen molar-refractivity contribution in [2.75, 3.05) is 0 Å². The van der Waals surface area contributed by atoms with Crippen molar-refractivity contribution in [3.8, 4) is 0 Å². The Morgan fingerprint density at radius 3 is 1.42 bits per heavy atom. The molecule has 0 saturated carbocycles. The summed E-state index contributed by atoms with van der Waals surface area (Å²) in [6.45, 7) is 18.3. The van der Waals surface area contributed by atoms with E-state index in [4.69, 9.17) is 0 Å². The van der Waals surface area contributed by atoms with Gasteiger partial charge in [-0.05, 0) is 72.0 Å². The van der Waals surface area contributed by atoms with Gasteiger partial charge in [0.05, 0.1) is 0 Å². The monoisotopic (exact) mass is 486 g/mol. The standard InChI is InChI=1S/C13H20.C12H18.C11H16/c1-4-13(2,3)11-10-12-8-6-5-7-9-12;1-4-12(10(2)3)11-8-6-5-7-9-11;1-3-10(4-2)11-8-6-5-7-9-11/h5-9H,4,10-11H2,1-3H3;5-10,12H,4H2,1-3H3;5-10H,3-4H2,1-2H3. The molecular weight excluding hydrogens is 432 g/mol. The number of aryl methyl sites for hydroxylation is 1. The van der Waals surface area contributed by atoms with Crippen LogP contribution in [-0.4, -0.2) is 0 Å². The van der Waals surface area contributed by atoms with Crippen molar-refractivity contribution in [1.82, 2.24) is 0 Å². The zero-order valence-electron chi connectivity index (χ0n) is 24.6. The number of benzene rings is 3. The van der Waals surface area contributed by atoms with E-state index in [0.29, 0.717) is 5.41 Å². The van der Waals surface area contributed by atoms with Gasteiger partial charge in [0.15, 0.2) is 0 Å². The third-order valence-corrected chi connectivity index (χ3v) is 7.62. The van der Waals surface area contributed by atoms with Gasteiger partial charge in [0.2, 0.25) is 0 Å². The fourth-order valence-electron chi connectivity index (χ4n) is 4.58. The molecule has 0 bridgehead atoms. The van der Waals surface area contributed by atoms with Crippen molar-refractivity contribution in [3.63, 3.8) is 0 Å². The topological polar surface area (TPSA) is 0 Å². The van der Waals surface area contributed by atoms with Crippen LogP contribution >= 0.6 is 0 Å². The molecule has 0 N–H and O–H groups in total. The predicted octanol–water partition coefficient (Wildman–Crippen LogP) is 11.5. The van der Waals surface area contributed by atoms with Crippen LogP contribution in [0, 0.1) is 11.3 Å². The third-order valence-electron chi connectivity index (χ3n) is 7.62. The molecule has 0 aromatic heterocycles. The van der Waals surface area contributed by atoms with Gasteiger partial charge in [-0.15, -0.1) is 0 Å². The van der Waals surface area contributed by atoms with Crippen molar-refractivity contribution < 1.29 is 0 Å². The van der Waals surface area contributed by atoms with E-state index in [-0.39, 0.29) is 0 Å². The van der Waals surface area contributed by atoms with Crippen LogP contribution in [-0.2, 0) is 6.42 Å². The molecule has 3 rings (SSSR count). The van der Waals surface area contributed by atoms with Gasteiger partial charge in [-0.3, -0.25) is 0 Å². The van der Waals surface area contributed by atoms with E-state index in [1.165, 1.54) is 55.2 Å². The molecule has 0 saturated heterocycles. The lowest BCUT2D eigenvalue weighted by Gasteiger charge is -2.22. The quantitative estimate of drug-likeness (QED) is 0.267. The number of hydrogen-bond acceptors (Lipinski definition) is 0. The van der Waals surface area contributed by atoms with Crippen LogP contribution in [0.2, 0.25) is 0 Å². The highest BCUT2D eigenvalue weighted by atomic mass is 14.2. The molecule has 0 amide bonds. The van der Waals surface area contributed by atoms with E-state index in [1.54, 1.807) is 0 Å². The van der Waals surface area contributed by atoms with Crippen molar-refractivity contribution >= 4 is 0 Å². The second kappa shape index (κ2) is 18.0. The molecule has 198 valence electrons. The first-order chi connectivity index (χ1) is 17.3. The van der Waals surface area contributed by atoms with Gasteiger partial charge in [0.1, 0.15) is 0 Å². The van der Waals surface area contributed by atoms with Crippen molar-refractivity contribution in [2.45, 2.75) is 106 Å². The largest absolute Gasteiger partial charge is 0.0649 e. The molecule has 3 aromatic carbocycles. The summed E-state index contributed by atoms with van der Waals surface area (Å²) in [6, 6.07) is 32.3. The smallest absolute Gasteiger partial charge is 0.0141 e. The Morgan fingerprint density at radius 2 is 1.03 bits per heavy atom. The predicted molar refractivity (Wildman–Crippen MR) is 163 cm³/mol. The van der Waals surface area contributed by atoms with Gasteiger partial charge in [-0.1, -0.05) is 153 Å². The fraction of sp³-hybridized carbons (Fsp3) is 0.500. The average molecular weight is 487 g/mol. The first kappa shape index (κ1) is 31.7. The molecule has 0 spiro atoms. The summed E-state index contributed by atoms with van der Waals surface area (Å²) < 4.78 is 0. The second-order valence-corrected chi connectivity index (χ2v) is 11.1. The van der Waals surface area contributed by atoms with Crippen LogP contribution < -0.4 is 0 Å². The van der Waals surface area contributed by atoms with Gasteiger partial charge in [-0.25, -0.2) is 0 Å². The molecule has 0 aliphatic rings. The summed E-state index contributed by atoms with van der Waals surface area (Å²) in [7, 11) is 0. The summed E-state index contributed by atoms with van der Waals surface area (Å²) >= 11 is 0. The zero-order valence-corrected chi connectivity index (χ0v) is 24.6. The summed E-state index contributed by atoms with van der Waals surface area (Å²) in [5.74, 6) is 2.24. The van der Waals surface area contributed by atoms with E-state index in [9.17, 15) is 0 Å². The SMILES string of the molecule is CCC(C)(C)CCc1ccccc1.CCC(CC)c1ccccc1.CCC(c1ccccc1)C(C)C. The van der Waals surface area contributed by atoms with E-state index >= 15 is 0 Å². The summed E-state index contributed by atoms with van der Waals surface area (Å²) in [5, 5.41) is 0. The van der Waals surface area contributed by atoms with Crippen LogP contribution in [0.5, 0.6) is 0 Å². The lowest BCUT2D eigenvalue weighted by atomic mass is 9.84. The Labute approximate surface area is 224 Å². The Balaban J connectivity index is 0.000000271. The zero-order chi connectivity index (χ0) is 26.8.